The molecule has 0 spiro atoms. The highest BCUT2D eigenvalue weighted by atomic mass is 32.2. The van der Waals surface area contributed by atoms with Crippen LogP contribution in [0.25, 0.3) is 0 Å². The summed E-state index contributed by atoms with van der Waals surface area (Å²) in [5.74, 6) is -3.16. The van der Waals surface area contributed by atoms with Gasteiger partial charge in [0.25, 0.3) is 5.91 Å². The normalized spacial score (nSPS) is 20.0. The Balaban J connectivity index is 2.04. The number of benzene rings is 2. The van der Waals surface area contributed by atoms with Crippen molar-refractivity contribution >= 4 is 33.5 Å². The van der Waals surface area contributed by atoms with Crippen LogP contribution in [0.3, 0.4) is 0 Å². The highest BCUT2D eigenvalue weighted by Crippen LogP contribution is 2.29. The zero-order chi connectivity index (χ0) is 18.9. The van der Waals surface area contributed by atoms with Crippen molar-refractivity contribution in [1.29, 1.82) is 0 Å². The van der Waals surface area contributed by atoms with Crippen LogP contribution < -0.4 is 10.3 Å². The van der Waals surface area contributed by atoms with E-state index in [2.05, 4.69) is 10.4 Å². The number of para-hydroxylation sites is 1. The Morgan fingerprint density at radius 2 is 1.58 bits per heavy atom. The molecule has 9 nitrogen and oxygen atoms in total. The minimum Gasteiger partial charge on any atom is -0.359 e. The SMILES string of the molecule is O=C(NC1=NN(c2ccccc2)C(=O)[C@]1(O)S(=O)(=O)O)c1ccccc1. The summed E-state index contributed by atoms with van der Waals surface area (Å²) < 4.78 is 32.8. The average Bonchev–Trinajstić information content (AvgIpc) is 2.89. The highest BCUT2D eigenvalue weighted by molar-refractivity contribution is 7.88. The van der Waals surface area contributed by atoms with Crippen molar-refractivity contribution in [3.63, 3.8) is 0 Å². The summed E-state index contributed by atoms with van der Waals surface area (Å²) in [6, 6.07) is 15.3. The quantitative estimate of drug-likeness (QED) is 0.662. The molecule has 0 aromatic heterocycles. The molecule has 2 aromatic rings. The van der Waals surface area contributed by atoms with Gasteiger partial charge in [-0.1, -0.05) is 36.4 Å². The van der Waals surface area contributed by atoms with Gasteiger partial charge < -0.3 is 10.4 Å². The van der Waals surface area contributed by atoms with E-state index < -0.39 is 32.7 Å². The van der Waals surface area contributed by atoms with Gasteiger partial charge in [0.05, 0.1) is 5.69 Å². The van der Waals surface area contributed by atoms with Gasteiger partial charge in [-0.05, 0) is 24.3 Å². The van der Waals surface area contributed by atoms with Gasteiger partial charge in [-0.2, -0.15) is 13.4 Å². The van der Waals surface area contributed by atoms with Crippen molar-refractivity contribution in [1.82, 2.24) is 5.32 Å². The van der Waals surface area contributed by atoms with Crippen LogP contribution in [0, 0.1) is 0 Å². The number of hydrogen-bond donors (Lipinski definition) is 3. The zero-order valence-electron chi connectivity index (χ0n) is 13.1. The van der Waals surface area contributed by atoms with Crippen molar-refractivity contribution in [3.8, 4) is 0 Å². The Morgan fingerprint density at radius 3 is 2.12 bits per heavy atom. The first-order chi connectivity index (χ1) is 12.2. The molecule has 2 aromatic carbocycles. The molecular formula is C16H13N3O6S. The Labute approximate surface area is 148 Å². The lowest BCUT2D eigenvalue weighted by atomic mass is 10.2. The molecule has 10 heteroatoms. The Morgan fingerprint density at radius 1 is 1.04 bits per heavy atom. The van der Waals surface area contributed by atoms with E-state index in [9.17, 15) is 27.7 Å². The zero-order valence-corrected chi connectivity index (χ0v) is 13.9. The summed E-state index contributed by atoms with van der Waals surface area (Å²) in [4.78, 5) is 21.3. The fourth-order valence-electron chi connectivity index (χ4n) is 2.31. The van der Waals surface area contributed by atoms with Crippen LogP contribution in [0.4, 0.5) is 5.69 Å². The van der Waals surface area contributed by atoms with Crippen LogP contribution in [-0.4, -0.2) is 40.7 Å². The Bertz CT molecular complexity index is 991. The van der Waals surface area contributed by atoms with Crippen LogP contribution >= 0.6 is 0 Å². The molecule has 0 aliphatic carbocycles. The molecule has 1 aliphatic rings. The molecule has 3 N–H and O–H groups in total. The minimum atomic E-state index is -5.35. The molecular weight excluding hydrogens is 362 g/mol. The standard InChI is InChI=1S/C16H13N3O6S/c20-13(11-7-3-1-4-8-11)17-14-16(22,26(23,24)25)15(21)19(18-14)12-9-5-2-6-10-12/h1-10,22H,(H,17,18,20)(H,23,24,25)/t16-/m1/s1. The van der Waals surface area contributed by atoms with Gasteiger partial charge in [0.1, 0.15) is 0 Å². The summed E-state index contributed by atoms with van der Waals surface area (Å²) in [6.45, 7) is 0. The van der Waals surface area contributed by atoms with Crippen molar-refractivity contribution in [2.24, 2.45) is 5.10 Å². The number of hydrogen-bond acceptors (Lipinski definition) is 6. The first-order valence-electron chi connectivity index (χ1n) is 7.29. The lowest BCUT2D eigenvalue weighted by Gasteiger charge is -2.19. The lowest BCUT2D eigenvalue weighted by molar-refractivity contribution is -0.125. The van der Waals surface area contributed by atoms with E-state index in [-0.39, 0.29) is 11.3 Å². The van der Waals surface area contributed by atoms with E-state index in [1.807, 2.05) is 0 Å². The third kappa shape index (κ3) is 2.86. The fourth-order valence-corrected chi connectivity index (χ4v) is 2.96. The Kier molecular flexibility index (Phi) is 4.32. The van der Waals surface area contributed by atoms with Gasteiger partial charge in [0.15, 0.2) is 5.84 Å². The maximum absolute atomic E-state index is 12.5. The highest BCUT2D eigenvalue weighted by Gasteiger charge is 2.61. The molecule has 26 heavy (non-hydrogen) atoms. The molecule has 0 saturated carbocycles. The van der Waals surface area contributed by atoms with Gasteiger partial charge in [-0.25, -0.2) is 0 Å². The molecule has 0 radical (unpaired) electrons. The summed E-state index contributed by atoms with van der Waals surface area (Å²) in [5.41, 5.74) is 0.280. The first kappa shape index (κ1) is 17.7. The van der Waals surface area contributed by atoms with Crippen LogP contribution in [0.5, 0.6) is 0 Å². The van der Waals surface area contributed by atoms with Crippen molar-refractivity contribution in [3.05, 3.63) is 66.2 Å². The number of carbonyl (C=O) groups is 2. The predicted octanol–water partition coefficient (Wildman–Crippen LogP) is 0.353. The number of aliphatic hydroxyl groups is 1. The number of hydrazone groups is 1. The van der Waals surface area contributed by atoms with Crippen LogP contribution in [0.2, 0.25) is 0 Å². The fraction of sp³-hybridized carbons (Fsp3) is 0.0625. The monoisotopic (exact) mass is 375 g/mol. The summed E-state index contributed by atoms with van der Waals surface area (Å²) in [5, 5.41) is 16.8. The minimum absolute atomic E-state index is 0.137. The molecule has 1 aliphatic heterocycles. The molecule has 0 unspecified atom stereocenters. The number of amidine groups is 1. The average molecular weight is 375 g/mol. The molecule has 0 bridgehead atoms. The van der Waals surface area contributed by atoms with E-state index in [0.717, 1.165) is 0 Å². The van der Waals surface area contributed by atoms with Gasteiger partial charge in [0.2, 0.25) is 0 Å². The van der Waals surface area contributed by atoms with Crippen molar-refractivity contribution in [2.75, 3.05) is 5.01 Å². The van der Waals surface area contributed by atoms with E-state index >= 15 is 0 Å². The van der Waals surface area contributed by atoms with Crippen LogP contribution in [0.1, 0.15) is 10.4 Å². The summed E-state index contributed by atoms with van der Waals surface area (Å²) in [6.07, 6.45) is 0. The molecule has 0 saturated heterocycles. The van der Waals surface area contributed by atoms with Gasteiger partial charge >= 0.3 is 21.0 Å². The van der Waals surface area contributed by atoms with E-state index in [1.165, 1.54) is 24.3 Å². The second-order valence-corrected chi connectivity index (χ2v) is 6.88. The Hall–Kier alpha value is -3.08. The van der Waals surface area contributed by atoms with E-state index in [4.69, 9.17) is 0 Å². The maximum atomic E-state index is 12.5. The van der Waals surface area contributed by atoms with Crippen LogP contribution in [-0.2, 0) is 14.9 Å². The van der Waals surface area contributed by atoms with Gasteiger partial charge in [0, 0.05) is 5.56 Å². The summed E-state index contributed by atoms with van der Waals surface area (Å²) in [7, 11) is -5.35. The third-order valence-corrected chi connectivity index (χ3v) is 4.76. The molecule has 2 amide bonds. The molecule has 1 heterocycles. The van der Waals surface area contributed by atoms with Crippen molar-refractivity contribution in [2.45, 2.75) is 4.93 Å². The number of anilines is 1. The lowest BCUT2D eigenvalue weighted by Crippen LogP contribution is -2.57. The number of nitrogens with zero attached hydrogens (tertiary/aromatic N) is 2. The molecule has 1 atom stereocenters. The topological polar surface area (TPSA) is 136 Å². The van der Waals surface area contributed by atoms with Gasteiger partial charge in [-0.3, -0.25) is 14.1 Å². The third-order valence-electron chi connectivity index (χ3n) is 3.65. The smallest absolute Gasteiger partial charge is 0.333 e. The molecule has 3 rings (SSSR count). The number of carbonyl (C=O) groups excluding carboxylic acids is 2. The molecule has 0 fully saturated rings. The molecule has 134 valence electrons. The second-order valence-electron chi connectivity index (χ2n) is 5.34. The van der Waals surface area contributed by atoms with E-state index in [1.54, 1.807) is 36.4 Å². The van der Waals surface area contributed by atoms with E-state index in [0.29, 0.717) is 5.01 Å². The van der Waals surface area contributed by atoms with Gasteiger partial charge in [-0.15, -0.1) is 5.10 Å². The number of amides is 2. The predicted molar refractivity (Wildman–Crippen MR) is 91.8 cm³/mol. The number of nitrogens with one attached hydrogen (secondary N) is 1. The second kappa shape index (κ2) is 6.33. The first-order valence-corrected chi connectivity index (χ1v) is 8.73. The maximum Gasteiger partial charge on any atom is 0.333 e. The largest absolute Gasteiger partial charge is 0.359 e. The summed E-state index contributed by atoms with van der Waals surface area (Å²) >= 11 is 0. The van der Waals surface area contributed by atoms with Crippen molar-refractivity contribution < 1.29 is 27.7 Å². The number of rotatable bonds is 3. The van der Waals surface area contributed by atoms with Crippen LogP contribution in [0.15, 0.2) is 65.8 Å².